The maximum atomic E-state index is 12.5. The molecule has 0 bridgehead atoms. The SMILES string of the molecule is O=C(NCc1ccco1)[C@@H]1C[C@H]2CCN(C(=O)CCc3cncnc3)C[C@@H]2O1. The molecule has 148 valence electrons. The lowest BCUT2D eigenvalue weighted by atomic mass is 9.91. The van der Waals surface area contributed by atoms with Crippen molar-refractivity contribution in [1.82, 2.24) is 20.2 Å². The Morgan fingerprint density at radius 3 is 2.93 bits per heavy atom. The Balaban J connectivity index is 1.24. The molecular formula is C20H24N4O4. The van der Waals surface area contributed by atoms with Crippen LogP contribution in [0.3, 0.4) is 0 Å². The molecule has 4 heterocycles. The van der Waals surface area contributed by atoms with Crippen molar-refractivity contribution in [1.29, 1.82) is 0 Å². The molecule has 2 fully saturated rings. The standard InChI is InChI=1S/C20H24N4O4/c25-19(4-3-14-9-21-13-22-10-14)24-6-5-15-8-17(28-18(15)12-24)20(26)23-11-16-2-1-7-27-16/h1-2,7,9-10,13,15,17-18H,3-6,8,11-12H2,(H,23,26)/t15-,17+,18+/m1/s1. The summed E-state index contributed by atoms with van der Waals surface area (Å²) in [4.78, 5) is 34.7. The number of carbonyl (C=O) groups excluding carboxylic acids is 2. The van der Waals surface area contributed by atoms with E-state index in [0.29, 0.717) is 44.0 Å². The van der Waals surface area contributed by atoms with Gasteiger partial charge in [0.05, 0.1) is 18.9 Å². The third kappa shape index (κ3) is 4.39. The number of aromatic nitrogens is 2. The van der Waals surface area contributed by atoms with E-state index in [2.05, 4.69) is 15.3 Å². The number of nitrogens with zero attached hydrogens (tertiary/aromatic N) is 3. The first-order chi connectivity index (χ1) is 13.7. The Morgan fingerprint density at radius 2 is 2.14 bits per heavy atom. The lowest BCUT2D eigenvalue weighted by molar-refractivity contribution is -0.138. The molecule has 0 spiro atoms. The minimum absolute atomic E-state index is 0.0721. The molecule has 8 nitrogen and oxygen atoms in total. The minimum atomic E-state index is -0.457. The number of aryl methyl sites for hydroxylation is 1. The van der Waals surface area contributed by atoms with E-state index >= 15 is 0 Å². The zero-order valence-electron chi connectivity index (χ0n) is 15.6. The molecule has 2 aromatic rings. The smallest absolute Gasteiger partial charge is 0.249 e. The van der Waals surface area contributed by atoms with Gasteiger partial charge in [-0.3, -0.25) is 9.59 Å². The van der Waals surface area contributed by atoms with Crippen LogP contribution in [0.1, 0.15) is 30.6 Å². The molecule has 0 saturated carbocycles. The number of nitrogens with one attached hydrogen (secondary N) is 1. The van der Waals surface area contributed by atoms with Crippen LogP contribution in [0.5, 0.6) is 0 Å². The van der Waals surface area contributed by atoms with Crippen molar-refractivity contribution in [3.63, 3.8) is 0 Å². The fourth-order valence-electron chi connectivity index (χ4n) is 3.90. The highest BCUT2D eigenvalue weighted by Gasteiger charge is 2.42. The molecule has 0 aliphatic carbocycles. The van der Waals surface area contributed by atoms with Crippen molar-refractivity contribution < 1.29 is 18.7 Å². The predicted octanol–water partition coefficient (Wildman–Crippen LogP) is 1.32. The number of fused-ring (bicyclic) bond motifs is 1. The highest BCUT2D eigenvalue weighted by molar-refractivity contribution is 5.81. The van der Waals surface area contributed by atoms with E-state index in [4.69, 9.17) is 9.15 Å². The highest BCUT2D eigenvalue weighted by atomic mass is 16.5. The summed E-state index contributed by atoms with van der Waals surface area (Å²) in [7, 11) is 0. The molecule has 3 atom stereocenters. The first-order valence-corrected chi connectivity index (χ1v) is 9.66. The zero-order chi connectivity index (χ0) is 19.3. The van der Waals surface area contributed by atoms with Gasteiger partial charge in [0, 0.05) is 31.9 Å². The van der Waals surface area contributed by atoms with Crippen molar-refractivity contribution >= 4 is 11.8 Å². The summed E-state index contributed by atoms with van der Waals surface area (Å²) < 4.78 is 11.2. The second-order valence-electron chi connectivity index (χ2n) is 7.33. The van der Waals surface area contributed by atoms with E-state index in [1.807, 2.05) is 11.0 Å². The number of piperidine rings is 1. The van der Waals surface area contributed by atoms with Gasteiger partial charge in [-0.15, -0.1) is 0 Å². The average Bonchev–Trinajstić information content (AvgIpc) is 3.40. The Morgan fingerprint density at radius 1 is 1.29 bits per heavy atom. The Labute approximate surface area is 163 Å². The third-order valence-electron chi connectivity index (χ3n) is 5.46. The highest BCUT2D eigenvalue weighted by Crippen LogP contribution is 2.33. The van der Waals surface area contributed by atoms with Gasteiger partial charge in [-0.2, -0.15) is 0 Å². The largest absolute Gasteiger partial charge is 0.467 e. The Kier molecular flexibility index (Phi) is 5.66. The maximum absolute atomic E-state index is 12.5. The van der Waals surface area contributed by atoms with E-state index in [-0.39, 0.29) is 17.9 Å². The first kappa shape index (κ1) is 18.6. The van der Waals surface area contributed by atoms with Crippen LogP contribution in [-0.4, -0.2) is 52.0 Å². The summed E-state index contributed by atoms with van der Waals surface area (Å²) in [6, 6.07) is 3.61. The van der Waals surface area contributed by atoms with Gasteiger partial charge in [0.25, 0.3) is 0 Å². The number of likely N-dealkylation sites (tertiary alicyclic amines) is 1. The van der Waals surface area contributed by atoms with E-state index in [1.165, 1.54) is 6.33 Å². The van der Waals surface area contributed by atoms with E-state index in [0.717, 1.165) is 18.5 Å². The van der Waals surface area contributed by atoms with Crippen LogP contribution in [0.15, 0.2) is 41.5 Å². The molecular weight excluding hydrogens is 360 g/mol. The molecule has 2 amide bonds. The second kappa shape index (κ2) is 8.52. The van der Waals surface area contributed by atoms with E-state index in [1.54, 1.807) is 24.7 Å². The van der Waals surface area contributed by atoms with Crippen LogP contribution in [0.25, 0.3) is 0 Å². The van der Waals surface area contributed by atoms with Crippen LogP contribution < -0.4 is 5.32 Å². The zero-order valence-corrected chi connectivity index (χ0v) is 15.6. The molecule has 2 saturated heterocycles. The van der Waals surface area contributed by atoms with Crippen LogP contribution in [-0.2, 0) is 27.3 Å². The van der Waals surface area contributed by atoms with Gasteiger partial charge in [-0.25, -0.2) is 9.97 Å². The Hall–Kier alpha value is -2.74. The summed E-state index contributed by atoms with van der Waals surface area (Å²) in [5.74, 6) is 1.03. The molecule has 2 aromatic heterocycles. The molecule has 0 unspecified atom stereocenters. The van der Waals surface area contributed by atoms with Gasteiger partial charge in [0.15, 0.2) is 0 Å². The summed E-state index contributed by atoms with van der Waals surface area (Å²) in [6.07, 6.45) is 8.63. The van der Waals surface area contributed by atoms with Crippen molar-refractivity contribution in [3.05, 3.63) is 48.4 Å². The number of hydrogen-bond donors (Lipinski definition) is 1. The molecule has 8 heteroatoms. The van der Waals surface area contributed by atoms with Crippen LogP contribution in [0, 0.1) is 5.92 Å². The van der Waals surface area contributed by atoms with Crippen molar-refractivity contribution in [2.45, 2.75) is 44.4 Å². The predicted molar refractivity (Wildman–Crippen MR) is 98.9 cm³/mol. The minimum Gasteiger partial charge on any atom is -0.467 e. The number of hydrogen-bond acceptors (Lipinski definition) is 6. The topological polar surface area (TPSA) is 97.6 Å². The monoisotopic (exact) mass is 384 g/mol. The van der Waals surface area contributed by atoms with E-state index in [9.17, 15) is 9.59 Å². The van der Waals surface area contributed by atoms with Gasteiger partial charge in [-0.05, 0) is 42.9 Å². The van der Waals surface area contributed by atoms with Crippen LogP contribution in [0.2, 0.25) is 0 Å². The molecule has 0 radical (unpaired) electrons. The van der Waals surface area contributed by atoms with E-state index < -0.39 is 6.10 Å². The number of rotatable bonds is 6. The number of carbonyl (C=O) groups is 2. The molecule has 1 N–H and O–H groups in total. The number of furan rings is 1. The second-order valence-corrected chi connectivity index (χ2v) is 7.33. The molecule has 0 aromatic carbocycles. The van der Waals surface area contributed by atoms with Crippen molar-refractivity contribution in [2.75, 3.05) is 13.1 Å². The fraction of sp³-hybridized carbons (Fsp3) is 0.500. The number of amides is 2. The van der Waals surface area contributed by atoms with Crippen molar-refractivity contribution in [2.24, 2.45) is 5.92 Å². The van der Waals surface area contributed by atoms with Gasteiger partial charge in [-0.1, -0.05) is 0 Å². The maximum Gasteiger partial charge on any atom is 0.249 e. The van der Waals surface area contributed by atoms with Gasteiger partial charge in [0.1, 0.15) is 18.2 Å². The quantitative estimate of drug-likeness (QED) is 0.807. The Bertz CT molecular complexity index is 796. The normalized spacial score (nSPS) is 24.0. The summed E-state index contributed by atoms with van der Waals surface area (Å²) >= 11 is 0. The number of ether oxygens (including phenoxy) is 1. The fourth-order valence-corrected chi connectivity index (χ4v) is 3.90. The van der Waals surface area contributed by atoms with Gasteiger partial charge in [0.2, 0.25) is 11.8 Å². The lowest BCUT2D eigenvalue weighted by Gasteiger charge is -2.34. The molecule has 28 heavy (non-hydrogen) atoms. The first-order valence-electron chi connectivity index (χ1n) is 9.66. The van der Waals surface area contributed by atoms with Crippen LogP contribution >= 0.6 is 0 Å². The summed E-state index contributed by atoms with van der Waals surface area (Å²) in [5.41, 5.74) is 0.955. The summed E-state index contributed by atoms with van der Waals surface area (Å²) in [5, 5.41) is 2.86. The van der Waals surface area contributed by atoms with Gasteiger partial charge >= 0.3 is 0 Å². The molecule has 2 aliphatic heterocycles. The lowest BCUT2D eigenvalue weighted by Crippen LogP contribution is -2.45. The van der Waals surface area contributed by atoms with Crippen molar-refractivity contribution in [3.8, 4) is 0 Å². The van der Waals surface area contributed by atoms with Gasteiger partial charge < -0.3 is 19.4 Å². The average molecular weight is 384 g/mol. The molecule has 2 aliphatic rings. The molecule has 4 rings (SSSR count). The van der Waals surface area contributed by atoms with Crippen LogP contribution in [0.4, 0.5) is 0 Å². The summed E-state index contributed by atoms with van der Waals surface area (Å²) in [6.45, 7) is 1.63. The third-order valence-corrected chi connectivity index (χ3v) is 5.46.